The molecule has 0 radical (unpaired) electrons. The zero-order chi connectivity index (χ0) is 13.0. The second kappa shape index (κ2) is 5.64. The molecule has 3 N–H and O–H groups in total. The Kier molecular flexibility index (Phi) is 3.94. The van der Waals surface area contributed by atoms with Crippen LogP contribution in [0, 0.1) is 0 Å². The van der Waals surface area contributed by atoms with Crippen molar-refractivity contribution in [1.82, 2.24) is 19.9 Å². The molecule has 0 aromatic carbocycles. The van der Waals surface area contributed by atoms with Crippen molar-refractivity contribution in [2.24, 2.45) is 7.05 Å². The first kappa shape index (κ1) is 12.6. The highest BCUT2D eigenvalue weighted by Gasteiger charge is 2.19. The number of hydrogen-bond donors (Lipinski definition) is 2. The van der Waals surface area contributed by atoms with E-state index in [-0.39, 0.29) is 6.04 Å². The van der Waals surface area contributed by atoms with Gasteiger partial charge in [-0.2, -0.15) is 0 Å². The fourth-order valence-electron chi connectivity index (χ4n) is 1.96. The van der Waals surface area contributed by atoms with Gasteiger partial charge in [-0.05, 0) is 19.0 Å². The summed E-state index contributed by atoms with van der Waals surface area (Å²) < 4.78 is 2.00. The monoisotopic (exact) mass is 245 g/mol. The molecule has 2 aromatic rings. The van der Waals surface area contributed by atoms with E-state index < -0.39 is 0 Å². The van der Waals surface area contributed by atoms with Crippen LogP contribution >= 0.6 is 0 Å². The number of nitrogens with one attached hydrogen (secondary N) is 1. The van der Waals surface area contributed by atoms with Crippen LogP contribution < -0.4 is 11.1 Å². The lowest BCUT2D eigenvalue weighted by atomic mass is 10.1. The molecule has 2 aromatic heterocycles. The maximum absolute atomic E-state index is 5.96. The second-order valence-corrected chi connectivity index (χ2v) is 4.26. The lowest BCUT2D eigenvalue weighted by molar-refractivity contribution is 0.556. The quantitative estimate of drug-likeness (QED) is 0.837. The Hall–Kier alpha value is -1.88. The maximum Gasteiger partial charge on any atom is 0.130 e. The number of hydrogen-bond acceptors (Lipinski definition) is 4. The van der Waals surface area contributed by atoms with Crippen molar-refractivity contribution in [3.63, 3.8) is 0 Å². The fraction of sp³-hybridized carbons (Fsp3) is 0.385. The third-order valence-electron chi connectivity index (χ3n) is 2.90. The summed E-state index contributed by atoms with van der Waals surface area (Å²) >= 11 is 0. The van der Waals surface area contributed by atoms with Crippen LogP contribution in [-0.4, -0.2) is 21.1 Å². The van der Waals surface area contributed by atoms with Gasteiger partial charge in [-0.15, -0.1) is 0 Å². The van der Waals surface area contributed by atoms with E-state index in [4.69, 9.17) is 5.73 Å². The number of nitrogens with zero attached hydrogens (tertiary/aromatic N) is 3. The summed E-state index contributed by atoms with van der Waals surface area (Å²) in [4.78, 5) is 8.55. The van der Waals surface area contributed by atoms with Crippen molar-refractivity contribution >= 4 is 5.82 Å². The smallest absolute Gasteiger partial charge is 0.130 e. The zero-order valence-electron chi connectivity index (χ0n) is 10.8. The van der Waals surface area contributed by atoms with E-state index in [1.54, 1.807) is 12.4 Å². The van der Waals surface area contributed by atoms with Crippen molar-refractivity contribution in [1.29, 1.82) is 0 Å². The van der Waals surface area contributed by atoms with Gasteiger partial charge in [0.15, 0.2) is 0 Å². The summed E-state index contributed by atoms with van der Waals surface area (Å²) in [7, 11) is 1.98. The standard InChI is InChI=1S/C13H19N5/c1-3-6-15-11(13-17-8-9-18(13)2)10-5-4-7-16-12(10)14/h4-5,7-9,11,15H,3,6H2,1-2H3,(H2,14,16). The fourth-order valence-corrected chi connectivity index (χ4v) is 1.96. The molecule has 18 heavy (non-hydrogen) atoms. The zero-order valence-corrected chi connectivity index (χ0v) is 10.8. The molecule has 1 atom stereocenters. The number of imidazole rings is 1. The van der Waals surface area contributed by atoms with Gasteiger partial charge in [0, 0.05) is 31.2 Å². The van der Waals surface area contributed by atoms with Gasteiger partial charge < -0.3 is 15.6 Å². The molecule has 0 aliphatic rings. The topological polar surface area (TPSA) is 68.8 Å². The van der Waals surface area contributed by atoms with Crippen molar-refractivity contribution in [3.05, 3.63) is 42.1 Å². The van der Waals surface area contributed by atoms with Crippen LogP contribution in [0.5, 0.6) is 0 Å². The van der Waals surface area contributed by atoms with Gasteiger partial charge in [-0.3, -0.25) is 0 Å². The Labute approximate surface area is 107 Å². The highest BCUT2D eigenvalue weighted by Crippen LogP contribution is 2.23. The molecule has 0 aliphatic carbocycles. The first-order valence-electron chi connectivity index (χ1n) is 6.15. The number of rotatable bonds is 5. The number of pyridine rings is 1. The summed E-state index contributed by atoms with van der Waals surface area (Å²) in [6.45, 7) is 3.04. The molecule has 0 saturated heterocycles. The normalized spacial score (nSPS) is 12.6. The second-order valence-electron chi connectivity index (χ2n) is 4.26. The highest BCUT2D eigenvalue weighted by molar-refractivity contribution is 5.43. The summed E-state index contributed by atoms with van der Waals surface area (Å²) in [6, 6.07) is 3.87. The van der Waals surface area contributed by atoms with Gasteiger partial charge in [-0.25, -0.2) is 9.97 Å². The van der Waals surface area contributed by atoms with Crippen molar-refractivity contribution in [2.75, 3.05) is 12.3 Å². The van der Waals surface area contributed by atoms with Gasteiger partial charge in [-0.1, -0.05) is 13.0 Å². The minimum Gasteiger partial charge on any atom is -0.383 e. The molecule has 2 heterocycles. The molecule has 0 bridgehead atoms. The van der Waals surface area contributed by atoms with Gasteiger partial charge in [0.05, 0.1) is 6.04 Å². The number of aryl methyl sites for hydroxylation is 1. The largest absolute Gasteiger partial charge is 0.383 e. The van der Waals surface area contributed by atoms with E-state index in [9.17, 15) is 0 Å². The summed E-state index contributed by atoms with van der Waals surface area (Å²) in [5, 5.41) is 3.47. The minimum absolute atomic E-state index is 0.0151. The predicted molar refractivity (Wildman–Crippen MR) is 72.0 cm³/mol. The molecule has 0 spiro atoms. The number of nitrogens with two attached hydrogens (primary N) is 1. The molecule has 0 aliphatic heterocycles. The SMILES string of the molecule is CCCNC(c1cccnc1N)c1nccn1C. The van der Waals surface area contributed by atoms with Crippen LogP contribution in [0.4, 0.5) is 5.82 Å². The third kappa shape index (κ3) is 2.51. The molecule has 96 valence electrons. The van der Waals surface area contributed by atoms with Crippen LogP contribution in [0.1, 0.15) is 30.8 Å². The predicted octanol–water partition coefficient (Wildman–Crippen LogP) is 1.49. The molecule has 5 heteroatoms. The highest BCUT2D eigenvalue weighted by atomic mass is 15.1. The van der Waals surface area contributed by atoms with Crippen LogP contribution in [0.15, 0.2) is 30.7 Å². The Morgan fingerprint density at radius 1 is 1.39 bits per heavy atom. The molecule has 0 saturated carbocycles. The number of anilines is 1. The van der Waals surface area contributed by atoms with Crippen LogP contribution in [-0.2, 0) is 7.05 Å². The van der Waals surface area contributed by atoms with Crippen LogP contribution in [0.25, 0.3) is 0 Å². The summed E-state index contributed by atoms with van der Waals surface area (Å²) in [5.74, 6) is 1.50. The van der Waals surface area contributed by atoms with E-state index in [1.165, 1.54) is 0 Å². The number of nitrogen functional groups attached to an aromatic ring is 1. The minimum atomic E-state index is -0.0151. The lowest BCUT2D eigenvalue weighted by Crippen LogP contribution is -2.26. The van der Waals surface area contributed by atoms with E-state index in [2.05, 4.69) is 22.2 Å². The first-order valence-corrected chi connectivity index (χ1v) is 6.15. The van der Waals surface area contributed by atoms with Crippen LogP contribution in [0.3, 0.4) is 0 Å². The van der Waals surface area contributed by atoms with Gasteiger partial charge in [0.2, 0.25) is 0 Å². The van der Waals surface area contributed by atoms with Gasteiger partial charge in [0.1, 0.15) is 11.6 Å². The Morgan fingerprint density at radius 3 is 2.83 bits per heavy atom. The molecule has 0 amide bonds. The van der Waals surface area contributed by atoms with Gasteiger partial charge >= 0.3 is 0 Å². The molecule has 5 nitrogen and oxygen atoms in total. The average Bonchev–Trinajstić information content (AvgIpc) is 2.78. The molecular formula is C13H19N5. The van der Waals surface area contributed by atoms with E-state index in [1.807, 2.05) is 29.9 Å². The average molecular weight is 245 g/mol. The van der Waals surface area contributed by atoms with E-state index >= 15 is 0 Å². The van der Waals surface area contributed by atoms with Crippen molar-refractivity contribution < 1.29 is 0 Å². The van der Waals surface area contributed by atoms with Crippen molar-refractivity contribution in [3.8, 4) is 0 Å². The molecule has 1 unspecified atom stereocenters. The van der Waals surface area contributed by atoms with Crippen LogP contribution in [0.2, 0.25) is 0 Å². The maximum atomic E-state index is 5.96. The Bertz CT molecular complexity index is 506. The molecule has 2 rings (SSSR count). The number of aromatic nitrogens is 3. The Morgan fingerprint density at radius 2 is 2.22 bits per heavy atom. The van der Waals surface area contributed by atoms with E-state index in [0.717, 1.165) is 24.4 Å². The molecule has 0 fully saturated rings. The van der Waals surface area contributed by atoms with E-state index in [0.29, 0.717) is 5.82 Å². The molecular weight excluding hydrogens is 226 g/mol. The summed E-state index contributed by atoms with van der Waals surface area (Å²) in [5.41, 5.74) is 6.93. The van der Waals surface area contributed by atoms with Crippen molar-refractivity contribution in [2.45, 2.75) is 19.4 Å². The first-order chi connectivity index (χ1) is 8.74. The van der Waals surface area contributed by atoms with Gasteiger partial charge in [0.25, 0.3) is 0 Å². The lowest BCUT2D eigenvalue weighted by Gasteiger charge is -2.19. The third-order valence-corrected chi connectivity index (χ3v) is 2.90. The summed E-state index contributed by atoms with van der Waals surface area (Å²) in [6.07, 6.45) is 6.49. The Balaban J connectivity index is 2.37.